The van der Waals surface area contributed by atoms with Crippen LogP contribution < -0.4 is 5.32 Å². The molecule has 1 N–H and O–H groups in total. The molecule has 0 saturated heterocycles. The van der Waals surface area contributed by atoms with Gasteiger partial charge < -0.3 is 10.1 Å². The van der Waals surface area contributed by atoms with Gasteiger partial charge in [0.1, 0.15) is 5.82 Å². The second kappa shape index (κ2) is 6.88. The Bertz CT molecular complexity index is 443. The smallest absolute Gasteiger partial charge is 0.142 e. The molecule has 1 saturated carbocycles. The molecule has 1 aliphatic rings. The highest BCUT2D eigenvalue weighted by Gasteiger charge is 2.44. The minimum absolute atomic E-state index is 0.120. The zero-order valence-electron chi connectivity index (χ0n) is 12.2. The summed E-state index contributed by atoms with van der Waals surface area (Å²) in [6, 6.07) is 5.19. The molecule has 1 unspecified atom stereocenters. The van der Waals surface area contributed by atoms with Crippen LogP contribution in [-0.4, -0.2) is 25.3 Å². The van der Waals surface area contributed by atoms with Crippen molar-refractivity contribution in [3.63, 3.8) is 0 Å². The normalized spacial score (nSPS) is 18.6. The van der Waals surface area contributed by atoms with Crippen LogP contribution in [0.4, 0.5) is 4.39 Å². The van der Waals surface area contributed by atoms with Gasteiger partial charge in [0.2, 0.25) is 0 Å². The maximum absolute atomic E-state index is 13.6. The molecule has 112 valence electrons. The van der Waals surface area contributed by atoms with Crippen LogP contribution in [0.15, 0.2) is 18.2 Å². The fourth-order valence-electron chi connectivity index (χ4n) is 2.91. The third kappa shape index (κ3) is 3.16. The summed E-state index contributed by atoms with van der Waals surface area (Å²) in [5, 5.41) is 3.79. The molecular weight excluding hydrogens is 277 g/mol. The molecule has 1 aliphatic carbocycles. The number of methoxy groups -OCH3 is 1. The lowest BCUT2D eigenvalue weighted by Gasteiger charge is -2.47. The molecule has 0 aromatic heterocycles. The van der Waals surface area contributed by atoms with Gasteiger partial charge in [-0.1, -0.05) is 30.7 Å². The summed E-state index contributed by atoms with van der Waals surface area (Å²) in [5.41, 5.74) is 0.730. The highest BCUT2D eigenvalue weighted by molar-refractivity contribution is 6.31. The zero-order chi connectivity index (χ0) is 14.6. The molecular formula is C16H23ClFNO. The summed E-state index contributed by atoms with van der Waals surface area (Å²) < 4.78 is 19.3. The summed E-state index contributed by atoms with van der Waals surface area (Å²) in [5.74, 6) is -0.349. The van der Waals surface area contributed by atoms with Gasteiger partial charge in [0, 0.05) is 13.2 Å². The van der Waals surface area contributed by atoms with E-state index in [0.29, 0.717) is 6.42 Å². The molecule has 2 rings (SSSR count). The quantitative estimate of drug-likeness (QED) is 0.823. The molecule has 1 fully saturated rings. The lowest BCUT2D eigenvalue weighted by atomic mass is 9.72. The average molecular weight is 300 g/mol. The van der Waals surface area contributed by atoms with Gasteiger partial charge >= 0.3 is 0 Å². The first-order valence-corrected chi connectivity index (χ1v) is 7.72. The molecule has 0 amide bonds. The summed E-state index contributed by atoms with van der Waals surface area (Å²) in [7, 11) is 1.77. The number of benzene rings is 1. The Morgan fingerprint density at radius 3 is 2.75 bits per heavy atom. The van der Waals surface area contributed by atoms with E-state index < -0.39 is 0 Å². The van der Waals surface area contributed by atoms with Crippen LogP contribution >= 0.6 is 11.6 Å². The van der Waals surface area contributed by atoms with Gasteiger partial charge in [-0.15, -0.1) is 0 Å². The van der Waals surface area contributed by atoms with Gasteiger partial charge in [-0.25, -0.2) is 4.39 Å². The highest BCUT2D eigenvalue weighted by Crippen LogP contribution is 2.39. The number of nitrogens with one attached hydrogen (secondary N) is 1. The molecule has 0 bridgehead atoms. The number of hydrogen-bond donors (Lipinski definition) is 1. The Labute approximate surface area is 125 Å². The number of rotatable bonds is 7. The Morgan fingerprint density at radius 1 is 1.45 bits per heavy atom. The van der Waals surface area contributed by atoms with Crippen molar-refractivity contribution < 1.29 is 9.13 Å². The fraction of sp³-hybridized carbons (Fsp3) is 0.625. The van der Waals surface area contributed by atoms with Crippen LogP contribution in [-0.2, 0) is 11.2 Å². The molecule has 0 spiro atoms. The topological polar surface area (TPSA) is 21.3 Å². The minimum Gasteiger partial charge on any atom is -0.377 e. The maximum Gasteiger partial charge on any atom is 0.142 e. The summed E-state index contributed by atoms with van der Waals surface area (Å²) in [4.78, 5) is 0. The van der Waals surface area contributed by atoms with Crippen LogP contribution in [0, 0.1) is 5.82 Å². The first-order chi connectivity index (χ1) is 9.63. The molecule has 4 heteroatoms. The van der Waals surface area contributed by atoms with Gasteiger partial charge in [0.25, 0.3) is 0 Å². The average Bonchev–Trinajstić information content (AvgIpc) is 2.40. The summed E-state index contributed by atoms with van der Waals surface area (Å²) in [6.07, 6.45) is 5.06. The van der Waals surface area contributed by atoms with Crippen molar-refractivity contribution in [3.8, 4) is 0 Å². The van der Waals surface area contributed by atoms with Crippen molar-refractivity contribution >= 4 is 11.6 Å². The Kier molecular flexibility index (Phi) is 5.42. The van der Waals surface area contributed by atoms with Crippen LogP contribution in [0.2, 0.25) is 5.02 Å². The van der Waals surface area contributed by atoms with Gasteiger partial charge in [0.05, 0.1) is 10.6 Å². The molecule has 1 atom stereocenters. The Hall–Kier alpha value is -0.640. The molecule has 2 nitrogen and oxygen atoms in total. The van der Waals surface area contributed by atoms with Crippen LogP contribution in [0.25, 0.3) is 0 Å². The van der Waals surface area contributed by atoms with Crippen molar-refractivity contribution in [1.82, 2.24) is 5.32 Å². The second-order valence-electron chi connectivity index (χ2n) is 5.55. The molecule has 0 heterocycles. The minimum atomic E-state index is -0.349. The third-order valence-corrected chi connectivity index (χ3v) is 4.76. The third-order valence-electron chi connectivity index (χ3n) is 4.34. The lowest BCUT2D eigenvalue weighted by molar-refractivity contribution is -0.0980. The van der Waals surface area contributed by atoms with E-state index in [-0.39, 0.29) is 22.5 Å². The number of halogens is 2. The Morgan fingerprint density at radius 2 is 2.20 bits per heavy atom. The predicted molar refractivity (Wildman–Crippen MR) is 80.8 cm³/mol. The monoisotopic (exact) mass is 299 g/mol. The van der Waals surface area contributed by atoms with Crippen molar-refractivity contribution in [2.75, 3.05) is 13.7 Å². The van der Waals surface area contributed by atoms with Gasteiger partial charge in [0.15, 0.2) is 0 Å². The standard InChI is InChI=1S/C16H23ClFNO/c1-3-10-19-14(16(20-2)8-5-9-16)11-12-6-4-7-13(18)15(12)17/h4,6-7,14,19H,3,5,8-11H2,1-2H3. The summed E-state index contributed by atoms with van der Waals surface area (Å²) >= 11 is 6.08. The number of hydrogen-bond acceptors (Lipinski definition) is 2. The van der Waals surface area contributed by atoms with Crippen molar-refractivity contribution in [1.29, 1.82) is 0 Å². The predicted octanol–water partition coefficient (Wildman–Crippen LogP) is 3.96. The lowest BCUT2D eigenvalue weighted by Crippen LogP contribution is -2.57. The molecule has 1 aromatic carbocycles. The van der Waals surface area contributed by atoms with Gasteiger partial charge in [-0.2, -0.15) is 0 Å². The van der Waals surface area contributed by atoms with E-state index in [2.05, 4.69) is 12.2 Å². The molecule has 20 heavy (non-hydrogen) atoms. The van der Waals surface area contributed by atoms with E-state index in [0.717, 1.165) is 31.4 Å². The second-order valence-corrected chi connectivity index (χ2v) is 5.92. The van der Waals surface area contributed by atoms with Crippen LogP contribution in [0.5, 0.6) is 0 Å². The van der Waals surface area contributed by atoms with E-state index in [4.69, 9.17) is 16.3 Å². The van der Waals surface area contributed by atoms with Crippen LogP contribution in [0.1, 0.15) is 38.2 Å². The highest BCUT2D eigenvalue weighted by atomic mass is 35.5. The van der Waals surface area contributed by atoms with Crippen molar-refractivity contribution in [3.05, 3.63) is 34.6 Å². The van der Waals surface area contributed by atoms with Gasteiger partial charge in [-0.3, -0.25) is 0 Å². The van der Waals surface area contributed by atoms with E-state index in [1.165, 1.54) is 12.5 Å². The first-order valence-electron chi connectivity index (χ1n) is 7.34. The Balaban J connectivity index is 2.17. The summed E-state index contributed by atoms with van der Waals surface area (Å²) in [6.45, 7) is 3.07. The largest absolute Gasteiger partial charge is 0.377 e. The van der Waals surface area contributed by atoms with Gasteiger partial charge in [-0.05, 0) is 50.3 Å². The molecule has 1 aromatic rings. The van der Waals surface area contributed by atoms with E-state index >= 15 is 0 Å². The van der Waals surface area contributed by atoms with Crippen LogP contribution in [0.3, 0.4) is 0 Å². The van der Waals surface area contributed by atoms with E-state index in [9.17, 15) is 4.39 Å². The fourth-order valence-corrected chi connectivity index (χ4v) is 3.11. The maximum atomic E-state index is 13.6. The zero-order valence-corrected chi connectivity index (χ0v) is 13.0. The van der Waals surface area contributed by atoms with Crippen molar-refractivity contribution in [2.45, 2.75) is 50.7 Å². The van der Waals surface area contributed by atoms with Crippen molar-refractivity contribution in [2.24, 2.45) is 0 Å². The number of ether oxygens (including phenoxy) is 1. The van der Waals surface area contributed by atoms with E-state index in [1.54, 1.807) is 13.2 Å². The molecule has 0 radical (unpaired) electrons. The first kappa shape index (κ1) is 15.7. The molecule has 0 aliphatic heterocycles. The SMILES string of the molecule is CCCNC(Cc1cccc(F)c1Cl)C1(OC)CCC1. The van der Waals surface area contributed by atoms with E-state index in [1.807, 2.05) is 6.07 Å².